The second-order valence-electron chi connectivity index (χ2n) is 8.45. The van der Waals surface area contributed by atoms with Gasteiger partial charge in [-0.3, -0.25) is 9.86 Å². The molecule has 1 aromatic heterocycles. The van der Waals surface area contributed by atoms with Gasteiger partial charge in [-0.05, 0) is 48.9 Å². The van der Waals surface area contributed by atoms with Crippen LogP contribution < -0.4 is 19.9 Å². The van der Waals surface area contributed by atoms with Crippen molar-refractivity contribution in [2.45, 2.75) is 69.8 Å². The molecule has 0 saturated carbocycles. The molecule has 0 radical (unpaired) electrons. The van der Waals surface area contributed by atoms with Crippen LogP contribution >= 0.6 is 11.3 Å². The topological polar surface area (TPSA) is 127 Å². The minimum Gasteiger partial charge on any atom is -0.435 e. The maximum Gasteiger partial charge on any atom is 0.387 e. The summed E-state index contributed by atoms with van der Waals surface area (Å²) < 4.78 is 45.4. The van der Waals surface area contributed by atoms with Gasteiger partial charge in [0.1, 0.15) is 20.6 Å². The summed E-state index contributed by atoms with van der Waals surface area (Å²) in [6.07, 6.45) is 1.26. The largest absolute Gasteiger partial charge is 0.435 e. The van der Waals surface area contributed by atoms with Gasteiger partial charge in [0.05, 0.1) is 6.20 Å². The lowest BCUT2D eigenvalue weighted by Crippen LogP contribution is -2.44. The predicted molar refractivity (Wildman–Crippen MR) is 123 cm³/mol. The van der Waals surface area contributed by atoms with E-state index in [0.717, 1.165) is 11.3 Å². The lowest BCUT2D eigenvalue weighted by Gasteiger charge is -2.24. The third kappa shape index (κ3) is 6.44. The number of hydrogen-bond donors (Lipinski definition) is 5. The van der Waals surface area contributed by atoms with Crippen LogP contribution in [0.15, 0.2) is 22.5 Å². The van der Waals surface area contributed by atoms with Crippen molar-refractivity contribution < 1.29 is 27.6 Å². The normalized spacial score (nSPS) is 13.0. The number of aromatic nitrogens is 1. The summed E-state index contributed by atoms with van der Waals surface area (Å²) in [5, 5.41) is 18.9. The number of carbonyl (C=O) groups is 1. The number of benzene rings is 1. The summed E-state index contributed by atoms with van der Waals surface area (Å²) in [4.78, 5) is 16.7. The Balaban J connectivity index is 2.35. The second kappa shape index (κ2) is 9.77. The number of thiazole rings is 1. The Morgan fingerprint density at radius 2 is 1.75 bits per heavy atom. The van der Waals surface area contributed by atoms with E-state index < -0.39 is 28.5 Å². The van der Waals surface area contributed by atoms with Crippen molar-refractivity contribution >= 4 is 33.4 Å². The highest BCUT2D eigenvalue weighted by Crippen LogP contribution is 2.37. The minimum atomic E-state index is -3.83. The maximum absolute atomic E-state index is 13.0. The summed E-state index contributed by atoms with van der Waals surface area (Å²) in [6, 6.07) is 2.07. The Morgan fingerprint density at radius 1 is 1.22 bits per heavy atom. The third-order valence-corrected chi connectivity index (χ3v) is 8.00. The average Bonchev–Trinajstić information content (AvgIpc) is 3.12. The highest BCUT2D eigenvalue weighted by atomic mass is 32.3. The van der Waals surface area contributed by atoms with Gasteiger partial charge in [0.15, 0.2) is 0 Å². The second-order valence-corrected chi connectivity index (χ2v) is 11.8. The zero-order chi connectivity index (χ0) is 24.4. The molecule has 0 aliphatic rings. The molecule has 2 amide bonds. The van der Waals surface area contributed by atoms with Crippen LogP contribution in [-0.2, 0) is 15.9 Å². The highest BCUT2D eigenvalue weighted by molar-refractivity contribution is 8.01. The van der Waals surface area contributed by atoms with E-state index in [-0.39, 0.29) is 21.8 Å². The van der Waals surface area contributed by atoms with Crippen LogP contribution in [0.1, 0.15) is 69.5 Å². The Hall–Kier alpha value is -2.15. The third-order valence-electron chi connectivity index (χ3n) is 4.49. The van der Waals surface area contributed by atoms with Gasteiger partial charge in [-0.25, -0.2) is 14.0 Å². The molecule has 1 aromatic carbocycles. The van der Waals surface area contributed by atoms with Gasteiger partial charge in [-0.2, -0.15) is 8.78 Å². The van der Waals surface area contributed by atoms with E-state index in [1.54, 1.807) is 0 Å². The number of halogens is 2. The van der Waals surface area contributed by atoms with E-state index in [9.17, 15) is 22.9 Å². The molecule has 0 aliphatic heterocycles. The smallest absolute Gasteiger partial charge is 0.387 e. The Morgan fingerprint density at radius 3 is 2.16 bits per heavy atom. The zero-order valence-corrected chi connectivity index (χ0v) is 20.5. The van der Waals surface area contributed by atoms with Crippen LogP contribution in [-0.4, -0.2) is 26.9 Å². The molecule has 12 heteroatoms. The maximum atomic E-state index is 13.0. The highest BCUT2D eigenvalue weighted by Gasteiger charge is 2.26. The van der Waals surface area contributed by atoms with Crippen molar-refractivity contribution in [1.82, 2.24) is 9.71 Å². The summed E-state index contributed by atoms with van der Waals surface area (Å²) in [5.74, 6) is -0.277. The zero-order valence-electron chi connectivity index (χ0n) is 18.8. The van der Waals surface area contributed by atoms with Crippen LogP contribution in [0.3, 0.4) is 0 Å². The number of rotatable bonds is 8. The fourth-order valence-electron chi connectivity index (χ4n) is 2.93. The number of nitrogens with one attached hydrogen (secondary N) is 2. The fourth-order valence-corrected chi connectivity index (χ4v) is 5.23. The van der Waals surface area contributed by atoms with E-state index in [2.05, 4.69) is 19.8 Å². The molecule has 0 atom stereocenters. The molecule has 32 heavy (non-hydrogen) atoms. The van der Waals surface area contributed by atoms with Crippen LogP contribution in [0.5, 0.6) is 5.75 Å². The quantitative estimate of drug-likeness (QED) is 0.353. The van der Waals surface area contributed by atoms with Gasteiger partial charge in [-0.1, -0.05) is 27.7 Å². The molecule has 5 N–H and O–H groups in total. The first-order valence-electron chi connectivity index (χ1n) is 9.91. The molecular weight excluding hydrogens is 462 g/mol. The first-order chi connectivity index (χ1) is 14.6. The summed E-state index contributed by atoms with van der Waals surface area (Å²) in [6.45, 7) is 7.46. The molecule has 180 valence electrons. The number of nitrogens with two attached hydrogens (primary N) is 1. The number of thiol groups is 1. The molecule has 2 aromatic rings. The first-order valence-corrected chi connectivity index (χ1v) is 12.5. The van der Waals surface area contributed by atoms with E-state index in [4.69, 9.17) is 5.14 Å². The number of urea groups is 1. The number of anilines is 1. The van der Waals surface area contributed by atoms with Gasteiger partial charge in [-0.15, -0.1) is 11.3 Å². The average molecular weight is 493 g/mol. The van der Waals surface area contributed by atoms with Gasteiger partial charge < -0.3 is 15.2 Å². The predicted octanol–water partition coefficient (Wildman–Crippen LogP) is 4.20. The number of hydrogen-bond acceptors (Lipinski definition) is 6. The van der Waals surface area contributed by atoms with Gasteiger partial charge in [0.2, 0.25) is 0 Å². The Kier molecular flexibility index (Phi) is 7.97. The van der Waals surface area contributed by atoms with Crippen molar-refractivity contribution in [2.75, 3.05) is 5.32 Å². The molecular formula is C20H30F2N4O4S2. The lowest BCUT2D eigenvalue weighted by molar-refractivity contribution is -0.0499. The molecule has 8 nitrogen and oxygen atoms in total. The van der Waals surface area contributed by atoms with Crippen molar-refractivity contribution in [3.63, 3.8) is 0 Å². The summed E-state index contributed by atoms with van der Waals surface area (Å²) in [7, 11) is -3.83. The molecule has 0 spiro atoms. The lowest BCUT2D eigenvalue weighted by atomic mass is 9.92. The Bertz CT molecular complexity index is 990. The van der Waals surface area contributed by atoms with Crippen LogP contribution in [0.25, 0.3) is 0 Å². The van der Waals surface area contributed by atoms with Crippen molar-refractivity contribution in [3.8, 4) is 5.75 Å². The number of aliphatic hydroxyl groups is 1. The van der Waals surface area contributed by atoms with E-state index in [1.807, 2.05) is 27.7 Å². The fraction of sp³-hybridized carbons (Fsp3) is 0.500. The van der Waals surface area contributed by atoms with Crippen LogP contribution in [0.2, 0.25) is 0 Å². The monoisotopic (exact) mass is 492 g/mol. The van der Waals surface area contributed by atoms with Crippen molar-refractivity contribution in [1.29, 1.82) is 0 Å². The number of ether oxygens (including phenoxy) is 1. The van der Waals surface area contributed by atoms with Crippen molar-refractivity contribution in [2.24, 2.45) is 5.14 Å². The number of carbonyl (C=O) groups excluding carboxylic acids is 1. The molecule has 1 heterocycles. The van der Waals surface area contributed by atoms with Crippen LogP contribution in [0, 0.1) is 0 Å². The van der Waals surface area contributed by atoms with E-state index in [0.29, 0.717) is 21.8 Å². The molecule has 0 aliphatic carbocycles. The SMILES string of the molecule is CC(C)c1cc(OC(F)F)cc(C(C)C)c1NC(=O)N[SH](N)(=O)c1cnc(C(C)(C)O)s1. The number of nitrogens with zero attached hydrogens (tertiary/aromatic N) is 1. The van der Waals surface area contributed by atoms with Crippen molar-refractivity contribution in [3.05, 3.63) is 34.5 Å². The molecule has 2 rings (SSSR count). The van der Waals surface area contributed by atoms with Crippen LogP contribution in [0.4, 0.5) is 19.3 Å². The van der Waals surface area contributed by atoms with E-state index >= 15 is 0 Å². The molecule has 0 saturated heterocycles. The summed E-state index contributed by atoms with van der Waals surface area (Å²) in [5.41, 5.74) is 0.327. The summed E-state index contributed by atoms with van der Waals surface area (Å²) >= 11 is 0.939. The standard InChI is InChI=1S/C20H30F2N4O4S2/c1-10(2)13-7-12(30-18(21)22)8-14(11(3)4)16(13)25-19(27)26-32(23,29)15-9-24-17(31-15)20(5,6)28/h7-11,18,28,32H,1-6H3,(H4,23,25,26,27,29). The van der Waals surface area contributed by atoms with Gasteiger partial charge in [0, 0.05) is 16.0 Å². The molecule has 0 unspecified atom stereocenters. The molecule has 0 fully saturated rings. The first kappa shape index (κ1) is 26.1. The minimum absolute atomic E-state index is 0.00772. The van der Waals surface area contributed by atoms with Gasteiger partial charge >= 0.3 is 12.6 Å². The molecule has 0 bridgehead atoms. The van der Waals surface area contributed by atoms with Gasteiger partial charge in [0.25, 0.3) is 0 Å². The van der Waals surface area contributed by atoms with E-state index in [1.165, 1.54) is 32.2 Å². The number of alkyl halides is 2. The number of amides is 2. The Labute approximate surface area is 191 Å².